The molecule has 0 saturated heterocycles. The molecule has 0 atom stereocenters. The fourth-order valence-corrected chi connectivity index (χ4v) is 3.18. The first kappa shape index (κ1) is 25.6. The predicted molar refractivity (Wildman–Crippen MR) is 136 cm³/mol. The maximum atomic E-state index is 12.4. The molecular formula is C27H31N3O5. The van der Waals surface area contributed by atoms with Gasteiger partial charge in [-0.1, -0.05) is 30.3 Å². The summed E-state index contributed by atoms with van der Waals surface area (Å²) in [6, 6.07) is 23.7. The molecule has 3 aromatic carbocycles. The summed E-state index contributed by atoms with van der Waals surface area (Å²) in [5.74, 6) is 1.04. The van der Waals surface area contributed by atoms with Gasteiger partial charge in [0, 0.05) is 43.3 Å². The summed E-state index contributed by atoms with van der Waals surface area (Å²) in [5.41, 5.74) is 1.83. The summed E-state index contributed by atoms with van der Waals surface area (Å²) >= 11 is 0. The van der Waals surface area contributed by atoms with Gasteiger partial charge in [0.1, 0.15) is 24.7 Å². The maximum Gasteiger partial charge on any atom is 0.251 e. The topological polar surface area (TPSA) is 97.9 Å². The van der Waals surface area contributed by atoms with Crippen LogP contribution in [0.4, 0.5) is 11.4 Å². The molecular weight excluding hydrogens is 446 g/mol. The Morgan fingerprint density at radius 1 is 0.771 bits per heavy atom. The van der Waals surface area contributed by atoms with Crippen LogP contribution < -0.4 is 25.4 Å². The second-order valence-electron chi connectivity index (χ2n) is 7.62. The van der Waals surface area contributed by atoms with Gasteiger partial charge in [-0.3, -0.25) is 9.59 Å². The first-order valence-corrected chi connectivity index (χ1v) is 11.5. The molecule has 0 radical (unpaired) electrons. The van der Waals surface area contributed by atoms with Crippen LogP contribution in [0, 0.1) is 0 Å². The van der Waals surface area contributed by atoms with E-state index in [2.05, 4.69) is 16.0 Å². The summed E-state index contributed by atoms with van der Waals surface area (Å²) in [7, 11) is 1.63. The summed E-state index contributed by atoms with van der Waals surface area (Å²) in [6.07, 6.45) is 0.744. The number of carbonyl (C=O) groups is 2. The minimum atomic E-state index is -0.219. The molecule has 0 spiro atoms. The van der Waals surface area contributed by atoms with E-state index in [4.69, 9.17) is 14.2 Å². The molecule has 0 bridgehead atoms. The Morgan fingerprint density at radius 3 is 2.29 bits per heavy atom. The van der Waals surface area contributed by atoms with E-state index < -0.39 is 0 Å². The molecule has 0 aromatic heterocycles. The van der Waals surface area contributed by atoms with E-state index in [0.29, 0.717) is 49.1 Å². The molecule has 0 aliphatic carbocycles. The number of methoxy groups -OCH3 is 1. The van der Waals surface area contributed by atoms with E-state index in [9.17, 15) is 9.59 Å². The molecule has 2 amide bonds. The average molecular weight is 478 g/mol. The zero-order chi connectivity index (χ0) is 24.7. The number of carbonyl (C=O) groups excluding carboxylic acids is 2. The average Bonchev–Trinajstić information content (AvgIpc) is 2.89. The van der Waals surface area contributed by atoms with Crippen molar-refractivity contribution in [2.75, 3.05) is 50.7 Å². The Balaban J connectivity index is 1.41. The molecule has 8 heteroatoms. The van der Waals surface area contributed by atoms with E-state index in [1.807, 2.05) is 42.5 Å². The molecule has 184 valence electrons. The second-order valence-corrected chi connectivity index (χ2v) is 7.62. The highest BCUT2D eigenvalue weighted by Gasteiger charge is 2.08. The molecule has 0 aliphatic heterocycles. The number of nitrogens with one attached hydrogen (secondary N) is 3. The molecule has 0 heterocycles. The van der Waals surface area contributed by atoms with Crippen LogP contribution in [0.1, 0.15) is 16.8 Å². The van der Waals surface area contributed by atoms with Crippen LogP contribution in [0.15, 0.2) is 78.9 Å². The zero-order valence-electron chi connectivity index (χ0n) is 19.8. The first-order valence-electron chi connectivity index (χ1n) is 11.5. The number of rotatable bonds is 14. The number of benzene rings is 3. The quantitative estimate of drug-likeness (QED) is 0.304. The van der Waals surface area contributed by atoms with Crippen molar-refractivity contribution in [2.24, 2.45) is 0 Å². The third-order valence-corrected chi connectivity index (χ3v) is 4.87. The van der Waals surface area contributed by atoms with Crippen molar-refractivity contribution in [1.29, 1.82) is 0 Å². The van der Waals surface area contributed by atoms with Crippen LogP contribution in [0.3, 0.4) is 0 Å². The SMILES string of the molecule is COCCCNC(=O)c1cccc(NCC(=O)Nc2cccc(OCCOc3ccccc3)c2)c1. The van der Waals surface area contributed by atoms with Crippen molar-refractivity contribution in [1.82, 2.24) is 5.32 Å². The normalized spacial score (nSPS) is 10.3. The third kappa shape index (κ3) is 9.38. The zero-order valence-corrected chi connectivity index (χ0v) is 19.8. The van der Waals surface area contributed by atoms with Gasteiger partial charge < -0.3 is 30.2 Å². The van der Waals surface area contributed by atoms with E-state index in [1.165, 1.54) is 0 Å². The van der Waals surface area contributed by atoms with Crippen LogP contribution in [0.25, 0.3) is 0 Å². The van der Waals surface area contributed by atoms with Crippen molar-refractivity contribution in [2.45, 2.75) is 6.42 Å². The smallest absolute Gasteiger partial charge is 0.251 e. The van der Waals surface area contributed by atoms with Crippen LogP contribution in [0.5, 0.6) is 11.5 Å². The summed E-state index contributed by atoms with van der Waals surface area (Å²) in [5, 5.41) is 8.74. The van der Waals surface area contributed by atoms with E-state index in [0.717, 1.165) is 12.2 Å². The summed E-state index contributed by atoms with van der Waals surface area (Å²) in [6.45, 7) is 1.97. The Hall–Kier alpha value is -4.04. The fraction of sp³-hybridized carbons (Fsp3) is 0.259. The van der Waals surface area contributed by atoms with Gasteiger partial charge in [-0.2, -0.15) is 0 Å². The molecule has 0 fully saturated rings. The van der Waals surface area contributed by atoms with E-state index in [1.54, 1.807) is 43.5 Å². The van der Waals surface area contributed by atoms with Gasteiger partial charge in [0.25, 0.3) is 5.91 Å². The van der Waals surface area contributed by atoms with Gasteiger partial charge in [-0.05, 0) is 48.9 Å². The largest absolute Gasteiger partial charge is 0.490 e. The highest BCUT2D eigenvalue weighted by atomic mass is 16.5. The highest BCUT2D eigenvalue weighted by Crippen LogP contribution is 2.18. The molecule has 3 N–H and O–H groups in total. The number of hydrogen-bond donors (Lipinski definition) is 3. The molecule has 8 nitrogen and oxygen atoms in total. The summed E-state index contributed by atoms with van der Waals surface area (Å²) in [4.78, 5) is 24.7. The lowest BCUT2D eigenvalue weighted by Gasteiger charge is -2.11. The van der Waals surface area contributed by atoms with Crippen LogP contribution in [-0.2, 0) is 9.53 Å². The van der Waals surface area contributed by atoms with Crippen LogP contribution in [0.2, 0.25) is 0 Å². The molecule has 35 heavy (non-hydrogen) atoms. The third-order valence-electron chi connectivity index (χ3n) is 4.87. The van der Waals surface area contributed by atoms with Crippen molar-refractivity contribution in [3.63, 3.8) is 0 Å². The lowest BCUT2D eigenvalue weighted by Crippen LogP contribution is -2.25. The molecule has 0 aliphatic rings. The highest BCUT2D eigenvalue weighted by molar-refractivity contribution is 5.96. The van der Waals surface area contributed by atoms with Crippen molar-refractivity contribution < 1.29 is 23.8 Å². The molecule has 3 aromatic rings. The first-order chi connectivity index (χ1) is 17.1. The van der Waals surface area contributed by atoms with Crippen molar-refractivity contribution in [3.05, 3.63) is 84.4 Å². The van der Waals surface area contributed by atoms with Crippen molar-refractivity contribution in [3.8, 4) is 11.5 Å². The van der Waals surface area contributed by atoms with Crippen LogP contribution in [-0.4, -0.2) is 51.8 Å². The molecule has 3 rings (SSSR count). The predicted octanol–water partition coefficient (Wildman–Crippen LogP) is 3.96. The number of anilines is 2. The maximum absolute atomic E-state index is 12.4. The number of ether oxygens (including phenoxy) is 3. The Morgan fingerprint density at radius 2 is 1.49 bits per heavy atom. The molecule has 0 saturated carbocycles. The second kappa shape index (κ2) is 14.3. The summed E-state index contributed by atoms with van der Waals surface area (Å²) < 4.78 is 16.3. The van der Waals surface area contributed by atoms with Crippen LogP contribution >= 0.6 is 0 Å². The van der Waals surface area contributed by atoms with Gasteiger partial charge in [0.05, 0.1) is 6.54 Å². The number of amides is 2. The monoisotopic (exact) mass is 477 g/mol. The van der Waals surface area contributed by atoms with Gasteiger partial charge in [0.2, 0.25) is 5.91 Å². The number of hydrogen-bond acceptors (Lipinski definition) is 6. The van der Waals surface area contributed by atoms with Crippen molar-refractivity contribution >= 4 is 23.2 Å². The lowest BCUT2D eigenvalue weighted by molar-refractivity contribution is -0.114. The van der Waals surface area contributed by atoms with E-state index in [-0.39, 0.29) is 18.4 Å². The fourth-order valence-electron chi connectivity index (χ4n) is 3.18. The van der Waals surface area contributed by atoms with Gasteiger partial charge in [0.15, 0.2) is 0 Å². The van der Waals surface area contributed by atoms with Gasteiger partial charge in [-0.25, -0.2) is 0 Å². The minimum Gasteiger partial charge on any atom is -0.490 e. The lowest BCUT2D eigenvalue weighted by atomic mass is 10.2. The molecule has 0 unspecified atom stereocenters. The standard InChI is InChI=1S/C27H31N3O5/c1-33-15-7-14-28-27(32)21-8-5-9-22(18-21)29-20-26(31)30-23-10-6-13-25(19-23)35-17-16-34-24-11-3-2-4-12-24/h2-6,8-13,18-19,29H,7,14-17,20H2,1H3,(H,28,32)(H,30,31). The Bertz CT molecular complexity index is 1080. The Labute approximate surface area is 205 Å². The number of para-hydroxylation sites is 1. The Kier molecular flexibility index (Phi) is 10.4. The van der Waals surface area contributed by atoms with E-state index >= 15 is 0 Å². The van der Waals surface area contributed by atoms with Gasteiger partial charge >= 0.3 is 0 Å². The van der Waals surface area contributed by atoms with Gasteiger partial charge in [-0.15, -0.1) is 0 Å². The minimum absolute atomic E-state index is 0.0505.